The molecule has 4 rings (SSSR count). The lowest BCUT2D eigenvalue weighted by atomic mass is 9.98. The lowest BCUT2D eigenvalue weighted by molar-refractivity contribution is 0.0996. The van der Waals surface area contributed by atoms with Gasteiger partial charge in [0.1, 0.15) is 0 Å². The number of carbonyl (C=O) groups excluding carboxylic acids is 2. The summed E-state index contributed by atoms with van der Waals surface area (Å²) in [5.74, 6) is -0.498. The summed E-state index contributed by atoms with van der Waals surface area (Å²) in [6, 6.07) is 25.1. The number of pyridine rings is 1. The molecule has 4 nitrogen and oxygen atoms in total. The van der Waals surface area contributed by atoms with Crippen LogP contribution in [0.1, 0.15) is 26.3 Å². The van der Waals surface area contributed by atoms with E-state index in [1.165, 1.54) is 0 Å². The Morgan fingerprint density at radius 2 is 1.48 bits per heavy atom. The van der Waals surface area contributed by atoms with Gasteiger partial charge in [0.05, 0.1) is 11.1 Å². The lowest BCUT2D eigenvalue weighted by Crippen LogP contribution is -2.17. The second kappa shape index (κ2) is 7.22. The van der Waals surface area contributed by atoms with Gasteiger partial charge in [-0.2, -0.15) is 0 Å². The van der Waals surface area contributed by atoms with Crippen molar-refractivity contribution in [3.05, 3.63) is 108 Å². The van der Waals surface area contributed by atoms with Crippen LogP contribution < -0.4 is 5.32 Å². The van der Waals surface area contributed by atoms with Gasteiger partial charge in [0, 0.05) is 28.4 Å². The number of fused-ring (bicyclic) bond motifs is 1. The van der Waals surface area contributed by atoms with E-state index in [0.29, 0.717) is 22.4 Å². The number of ketones is 1. The second-order valence-electron chi connectivity index (χ2n) is 6.11. The number of anilines is 1. The van der Waals surface area contributed by atoms with Gasteiger partial charge in [0.15, 0.2) is 5.78 Å². The molecule has 0 radical (unpaired) electrons. The van der Waals surface area contributed by atoms with Crippen molar-refractivity contribution in [1.82, 2.24) is 4.98 Å². The Hall–Kier alpha value is -3.79. The van der Waals surface area contributed by atoms with E-state index in [4.69, 9.17) is 0 Å². The van der Waals surface area contributed by atoms with Crippen molar-refractivity contribution >= 4 is 28.3 Å². The Kier molecular flexibility index (Phi) is 4.45. The third kappa shape index (κ3) is 3.46. The maximum absolute atomic E-state index is 12.8. The summed E-state index contributed by atoms with van der Waals surface area (Å²) >= 11 is 0. The summed E-state index contributed by atoms with van der Waals surface area (Å²) in [4.78, 5) is 29.9. The van der Waals surface area contributed by atoms with Gasteiger partial charge in [-0.15, -0.1) is 0 Å². The van der Waals surface area contributed by atoms with E-state index >= 15 is 0 Å². The summed E-state index contributed by atoms with van der Waals surface area (Å²) in [5.41, 5.74) is 2.79. The molecule has 0 spiro atoms. The molecule has 1 heterocycles. The SMILES string of the molecule is O=C(Nc1ccc2ncccc2c1)c1ccccc1C(=O)c1ccccc1. The monoisotopic (exact) mass is 352 g/mol. The lowest BCUT2D eigenvalue weighted by Gasteiger charge is -2.10. The van der Waals surface area contributed by atoms with Crippen molar-refractivity contribution in [1.29, 1.82) is 0 Å². The molecule has 4 heteroatoms. The van der Waals surface area contributed by atoms with Crippen LogP contribution in [0.25, 0.3) is 10.9 Å². The molecule has 3 aromatic carbocycles. The second-order valence-corrected chi connectivity index (χ2v) is 6.11. The number of nitrogens with zero attached hydrogens (tertiary/aromatic N) is 1. The molecule has 0 aliphatic carbocycles. The van der Waals surface area contributed by atoms with Crippen LogP contribution in [0.2, 0.25) is 0 Å². The maximum Gasteiger partial charge on any atom is 0.256 e. The fraction of sp³-hybridized carbons (Fsp3) is 0. The van der Waals surface area contributed by atoms with E-state index in [1.54, 1.807) is 60.8 Å². The van der Waals surface area contributed by atoms with Gasteiger partial charge < -0.3 is 5.32 Å². The summed E-state index contributed by atoms with van der Waals surface area (Å²) < 4.78 is 0. The Bertz CT molecular complexity index is 1140. The molecule has 0 aliphatic heterocycles. The molecule has 1 amide bonds. The first-order chi connectivity index (χ1) is 13.2. The highest BCUT2D eigenvalue weighted by Gasteiger charge is 2.18. The minimum absolute atomic E-state index is 0.177. The van der Waals surface area contributed by atoms with Gasteiger partial charge in [-0.05, 0) is 30.3 Å². The van der Waals surface area contributed by atoms with E-state index in [-0.39, 0.29) is 11.7 Å². The standard InChI is InChI=1S/C23H16N2O2/c26-22(16-7-2-1-3-8-16)19-10-4-5-11-20(19)23(27)25-18-12-13-21-17(15-18)9-6-14-24-21/h1-15H,(H,25,27). The Labute approximate surface area is 156 Å². The Morgan fingerprint density at radius 1 is 0.741 bits per heavy atom. The van der Waals surface area contributed by atoms with Gasteiger partial charge in [-0.3, -0.25) is 14.6 Å². The highest BCUT2D eigenvalue weighted by atomic mass is 16.2. The van der Waals surface area contributed by atoms with E-state index in [1.807, 2.05) is 30.3 Å². The summed E-state index contributed by atoms with van der Waals surface area (Å²) in [5, 5.41) is 3.81. The van der Waals surface area contributed by atoms with E-state index in [2.05, 4.69) is 10.3 Å². The summed E-state index contributed by atoms with van der Waals surface area (Å²) in [6.07, 6.45) is 1.73. The van der Waals surface area contributed by atoms with Crippen LogP contribution in [0, 0.1) is 0 Å². The van der Waals surface area contributed by atoms with E-state index in [0.717, 1.165) is 10.9 Å². The third-order valence-electron chi connectivity index (χ3n) is 4.31. The molecule has 0 bridgehead atoms. The average Bonchev–Trinajstić information content (AvgIpc) is 2.73. The Balaban J connectivity index is 1.65. The molecular weight excluding hydrogens is 336 g/mol. The largest absolute Gasteiger partial charge is 0.322 e. The number of amides is 1. The van der Waals surface area contributed by atoms with Crippen molar-refractivity contribution in [3.63, 3.8) is 0 Å². The van der Waals surface area contributed by atoms with Crippen molar-refractivity contribution in [2.45, 2.75) is 0 Å². The summed E-state index contributed by atoms with van der Waals surface area (Å²) in [7, 11) is 0. The van der Waals surface area contributed by atoms with Gasteiger partial charge >= 0.3 is 0 Å². The molecule has 1 N–H and O–H groups in total. The minimum Gasteiger partial charge on any atom is -0.322 e. The van der Waals surface area contributed by atoms with E-state index in [9.17, 15) is 9.59 Å². The first-order valence-electron chi connectivity index (χ1n) is 8.57. The van der Waals surface area contributed by atoms with Crippen LogP contribution in [0.3, 0.4) is 0 Å². The molecule has 0 atom stereocenters. The number of hydrogen-bond donors (Lipinski definition) is 1. The number of benzene rings is 3. The Morgan fingerprint density at radius 3 is 2.30 bits per heavy atom. The summed E-state index contributed by atoms with van der Waals surface area (Å²) in [6.45, 7) is 0. The van der Waals surface area contributed by atoms with Crippen LogP contribution in [-0.2, 0) is 0 Å². The molecule has 27 heavy (non-hydrogen) atoms. The molecule has 0 saturated carbocycles. The molecule has 0 unspecified atom stereocenters. The molecule has 0 fully saturated rings. The van der Waals surface area contributed by atoms with Gasteiger partial charge in [0.2, 0.25) is 0 Å². The normalized spacial score (nSPS) is 10.5. The van der Waals surface area contributed by atoms with Crippen LogP contribution in [0.5, 0.6) is 0 Å². The molecule has 1 aromatic heterocycles. The number of aromatic nitrogens is 1. The zero-order valence-corrected chi connectivity index (χ0v) is 14.4. The molecular formula is C23H16N2O2. The first kappa shape index (κ1) is 16.7. The fourth-order valence-corrected chi connectivity index (χ4v) is 2.98. The quantitative estimate of drug-likeness (QED) is 0.541. The van der Waals surface area contributed by atoms with Gasteiger partial charge in [-0.25, -0.2) is 0 Å². The number of nitrogens with one attached hydrogen (secondary N) is 1. The number of rotatable bonds is 4. The van der Waals surface area contributed by atoms with Gasteiger partial charge in [0.25, 0.3) is 5.91 Å². The highest BCUT2D eigenvalue weighted by molar-refractivity contribution is 6.17. The smallest absolute Gasteiger partial charge is 0.256 e. The van der Waals surface area contributed by atoms with E-state index < -0.39 is 0 Å². The molecule has 130 valence electrons. The molecule has 0 aliphatic rings. The van der Waals surface area contributed by atoms with Crippen molar-refractivity contribution in [3.8, 4) is 0 Å². The number of hydrogen-bond acceptors (Lipinski definition) is 3. The van der Waals surface area contributed by atoms with Crippen LogP contribution >= 0.6 is 0 Å². The zero-order chi connectivity index (χ0) is 18.6. The predicted octanol–water partition coefficient (Wildman–Crippen LogP) is 4.72. The predicted molar refractivity (Wildman–Crippen MR) is 106 cm³/mol. The molecule has 0 saturated heterocycles. The first-order valence-corrected chi connectivity index (χ1v) is 8.57. The van der Waals surface area contributed by atoms with Crippen molar-refractivity contribution in [2.24, 2.45) is 0 Å². The van der Waals surface area contributed by atoms with Crippen LogP contribution in [-0.4, -0.2) is 16.7 Å². The van der Waals surface area contributed by atoms with Crippen LogP contribution in [0.15, 0.2) is 91.1 Å². The maximum atomic E-state index is 12.8. The third-order valence-corrected chi connectivity index (χ3v) is 4.31. The number of carbonyl (C=O) groups is 2. The van der Waals surface area contributed by atoms with Crippen molar-refractivity contribution in [2.75, 3.05) is 5.32 Å². The highest BCUT2D eigenvalue weighted by Crippen LogP contribution is 2.20. The fourth-order valence-electron chi connectivity index (χ4n) is 2.98. The topological polar surface area (TPSA) is 59.1 Å². The zero-order valence-electron chi connectivity index (χ0n) is 14.4. The average molecular weight is 352 g/mol. The minimum atomic E-state index is -0.321. The van der Waals surface area contributed by atoms with Crippen LogP contribution in [0.4, 0.5) is 5.69 Å². The van der Waals surface area contributed by atoms with Gasteiger partial charge in [-0.1, -0.05) is 54.6 Å². The molecule has 4 aromatic rings. The van der Waals surface area contributed by atoms with Crippen molar-refractivity contribution < 1.29 is 9.59 Å².